The Morgan fingerprint density at radius 3 is 1.74 bits per heavy atom. The van der Waals surface area contributed by atoms with Gasteiger partial charge in [0.1, 0.15) is 6.54 Å². The second-order valence-electron chi connectivity index (χ2n) is 4.33. The number of carboxylic acids is 1. The summed E-state index contributed by atoms with van der Waals surface area (Å²) in [5.74, 6) is -1.63. The smallest absolute Gasteiger partial charge is 0.323 e. The number of nitrogens with zero attached hydrogens (tertiary/aromatic N) is 2. The van der Waals surface area contributed by atoms with Gasteiger partial charge in [0.2, 0.25) is 0 Å². The van der Waals surface area contributed by atoms with E-state index in [9.17, 15) is 14.4 Å². The van der Waals surface area contributed by atoms with Crippen LogP contribution in [0.15, 0.2) is 24.3 Å². The monoisotopic (exact) mass is 264 g/mol. The van der Waals surface area contributed by atoms with Crippen LogP contribution in [0.1, 0.15) is 20.7 Å². The van der Waals surface area contributed by atoms with E-state index in [4.69, 9.17) is 5.11 Å². The van der Waals surface area contributed by atoms with Crippen molar-refractivity contribution in [2.45, 2.75) is 0 Å². The van der Waals surface area contributed by atoms with Gasteiger partial charge >= 0.3 is 5.97 Å². The van der Waals surface area contributed by atoms with Crippen molar-refractivity contribution in [3.8, 4) is 0 Å². The lowest BCUT2D eigenvalue weighted by Crippen LogP contribution is -2.32. The molecule has 0 heterocycles. The summed E-state index contributed by atoms with van der Waals surface area (Å²) in [6, 6.07) is 6.11. The van der Waals surface area contributed by atoms with Crippen molar-refractivity contribution in [3.05, 3.63) is 35.4 Å². The lowest BCUT2D eigenvalue weighted by Gasteiger charge is -2.15. The van der Waals surface area contributed by atoms with Crippen LogP contribution in [0.25, 0.3) is 0 Å². The first-order valence-electron chi connectivity index (χ1n) is 5.62. The van der Waals surface area contributed by atoms with Crippen LogP contribution in [0.3, 0.4) is 0 Å². The highest BCUT2D eigenvalue weighted by Gasteiger charge is 2.15. The molecule has 1 aromatic rings. The predicted octanol–water partition coefficient (Wildman–Crippen LogP) is 0.545. The third-order valence-corrected chi connectivity index (χ3v) is 2.50. The van der Waals surface area contributed by atoms with E-state index in [1.165, 1.54) is 24.1 Å². The second kappa shape index (κ2) is 5.99. The number of aliphatic carboxylic acids is 1. The van der Waals surface area contributed by atoms with Crippen LogP contribution < -0.4 is 0 Å². The highest BCUT2D eigenvalue weighted by atomic mass is 16.4. The van der Waals surface area contributed by atoms with Gasteiger partial charge in [-0.05, 0) is 24.3 Å². The summed E-state index contributed by atoms with van der Waals surface area (Å²) in [7, 11) is 4.69. The molecule has 6 nitrogen and oxygen atoms in total. The normalized spacial score (nSPS) is 9.84. The number of likely N-dealkylation sites (N-methyl/N-ethyl adjacent to an activating group) is 1. The van der Waals surface area contributed by atoms with E-state index in [0.29, 0.717) is 11.1 Å². The van der Waals surface area contributed by atoms with E-state index in [0.717, 1.165) is 4.90 Å². The second-order valence-corrected chi connectivity index (χ2v) is 4.33. The maximum absolute atomic E-state index is 11.9. The number of carbonyl (C=O) groups is 3. The Balaban J connectivity index is 2.84. The lowest BCUT2D eigenvalue weighted by atomic mass is 10.1. The minimum absolute atomic E-state index is 0.155. The van der Waals surface area contributed by atoms with Gasteiger partial charge in [0.05, 0.1) is 0 Å². The minimum atomic E-state index is -1.07. The molecule has 19 heavy (non-hydrogen) atoms. The zero-order valence-electron chi connectivity index (χ0n) is 11.1. The van der Waals surface area contributed by atoms with Crippen LogP contribution in [0.2, 0.25) is 0 Å². The Labute approximate surface area is 111 Å². The van der Waals surface area contributed by atoms with Crippen molar-refractivity contribution in [3.63, 3.8) is 0 Å². The molecule has 102 valence electrons. The molecule has 0 saturated heterocycles. The molecule has 0 aliphatic rings. The van der Waals surface area contributed by atoms with Gasteiger partial charge in [-0.3, -0.25) is 14.4 Å². The maximum atomic E-state index is 11.9. The number of hydrogen-bond donors (Lipinski definition) is 1. The fourth-order valence-corrected chi connectivity index (χ4v) is 1.51. The Morgan fingerprint density at radius 2 is 1.37 bits per heavy atom. The minimum Gasteiger partial charge on any atom is -0.480 e. The summed E-state index contributed by atoms with van der Waals surface area (Å²) < 4.78 is 0. The summed E-state index contributed by atoms with van der Waals surface area (Å²) >= 11 is 0. The van der Waals surface area contributed by atoms with Gasteiger partial charge in [-0.1, -0.05) is 0 Å². The topological polar surface area (TPSA) is 77.9 Å². The number of benzene rings is 1. The van der Waals surface area contributed by atoms with Crippen molar-refractivity contribution in [2.24, 2.45) is 0 Å². The summed E-state index contributed by atoms with van der Waals surface area (Å²) in [5, 5.41) is 8.61. The van der Waals surface area contributed by atoms with Crippen molar-refractivity contribution < 1.29 is 19.5 Å². The van der Waals surface area contributed by atoms with Gasteiger partial charge in [-0.15, -0.1) is 0 Å². The number of hydrogen-bond acceptors (Lipinski definition) is 3. The Hall–Kier alpha value is -2.37. The molecule has 0 fully saturated rings. The zero-order chi connectivity index (χ0) is 14.6. The molecule has 0 radical (unpaired) electrons. The third-order valence-electron chi connectivity index (χ3n) is 2.50. The first-order chi connectivity index (χ1) is 8.82. The third kappa shape index (κ3) is 3.80. The molecule has 0 aliphatic carbocycles. The Morgan fingerprint density at radius 1 is 0.947 bits per heavy atom. The standard InChI is InChI=1S/C13H16N2O4/c1-14(2)12(18)9-4-6-10(7-5-9)13(19)15(3)8-11(16)17/h4-7H,8H2,1-3H3,(H,16,17). The van der Waals surface area contributed by atoms with Gasteiger partial charge in [0.25, 0.3) is 11.8 Å². The van der Waals surface area contributed by atoms with E-state index in [2.05, 4.69) is 0 Å². The summed E-state index contributed by atoms with van der Waals surface area (Å²) in [6.45, 7) is -0.364. The molecule has 0 unspecified atom stereocenters. The van der Waals surface area contributed by atoms with Crippen LogP contribution in [0, 0.1) is 0 Å². The predicted molar refractivity (Wildman–Crippen MR) is 69.1 cm³/mol. The van der Waals surface area contributed by atoms with Crippen LogP contribution in [-0.2, 0) is 4.79 Å². The highest BCUT2D eigenvalue weighted by Crippen LogP contribution is 2.08. The summed E-state index contributed by atoms with van der Waals surface area (Å²) in [4.78, 5) is 36.6. The van der Waals surface area contributed by atoms with E-state index < -0.39 is 11.9 Å². The quantitative estimate of drug-likeness (QED) is 0.861. The number of rotatable bonds is 4. The van der Waals surface area contributed by atoms with Crippen LogP contribution in [0.4, 0.5) is 0 Å². The summed E-state index contributed by atoms with van der Waals surface area (Å²) in [6.07, 6.45) is 0. The fourth-order valence-electron chi connectivity index (χ4n) is 1.51. The van der Waals surface area contributed by atoms with Gasteiger partial charge in [-0.2, -0.15) is 0 Å². The molecule has 1 N–H and O–H groups in total. The Bertz CT molecular complexity index is 494. The average Bonchev–Trinajstić information content (AvgIpc) is 2.36. The zero-order valence-corrected chi connectivity index (χ0v) is 11.1. The van der Waals surface area contributed by atoms with Crippen LogP contribution >= 0.6 is 0 Å². The number of carboxylic acid groups (broad SMARTS) is 1. The Kier molecular flexibility index (Phi) is 4.63. The molecule has 1 aromatic carbocycles. The van der Waals surface area contributed by atoms with Crippen molar-refractivity contribution in [2.75, 3.05) is 27.7 Å². The van der Waals surface area contributed by atoms with Gasteiger partial charge in [-0.25, -0.2) is 0 Å². The van der Waals surface area contributed by atoms with Crippen molar-refractivity contribution in [1.29, 1.82) is 0 Å². The first kappa shape index (κ1) is 14.7. The molecule has 2 amide bonds. The van der Waals surface area contributed by atoms with Crippen molar-refractivity contribution >= 4 is 17.8 Å². The SMILES string of the molecule is CN(C)C(=O)c1ccc(C(=O)N(C)CC(=O)O)cc1. The van der Waals surface area contributed by atoms with Crippen molar-refractivity contribution in [1.82, 2.24) is 9.80 Å². The molecule has 0 bridgehead atoms. The van der Waals surface area contributed by atoms with E-state index in [-0.39, 0.29) is 12.5 Å². The lowest BCUT2D eigenvalue weighted by molar-refractivity contribution is -0.137. The van der Waals surface area contributed by atoms with E-state index in [1.807, 2.05) is 0 Å². The average molecular weight is 264 g/mol. The van der Waals surface area contributed by atoms with Gasteiger partial charge < -0.3 is 14.9 Å². The van der Waals surface area contributed by atoms with E-state index in [1.54, 1.807) is 26.2 Å². The molecule has 0 aliphatic heterocycles. The highest BCUT2D eigenvalue weighted by molar-refractivity contribution is 5.98. The first-order valence-corrected chi connectivity index (χ1v) is 5.62. The molecule has 1 rings (SSSR count). The summed E-state index contributed by atoms with van der Waals surface area (Å²) in [5.41, 5.74) is 0.821. The molecule has 0 aromatic heterocycles. The van der Waals surface area contributed by atoms with Gasteiger partial charge in [0, 0.05) is 32.3 Å². The largest absolute Gasteiger partial charge is 0.480 e. The van der Waals surface area contributed by atoms with E-state index >= 15 is 0 Å². The maximum Gasteiger partial charge on any atom is 0.323 e. The molecule has 6 heteroatoms. The molecule has 0 spiro atoms. The number of amides is 2. The number of carbonyl (C=O) groups excluding carboxylic acids is 2. The molecule has 0 saturated carbocycles. The fraction of sp³-hybridized carbons (Fsp3) is 0.308. The molecular formula is C13H16N2O4. The van der Waals surface area contributed by atoms with Crippen LogP contribution in [-0.4, -0.2) is 60.4 Å². The molecule has 0 atom stereocenters. The molecular weight excluding hydrogens is 248 g/mol. The van der Waals surface area contributed by atoms with Crippen LogP contribution in [0.5, 0.6) is 0 Å². The van der Waals surface area contributed by atoms with Gasteiger partial charge in [0.15, 0.2) is 0 Å².